The lowest BCUT2D eigenvalue weighted by atomic mass is 10.1. The normalized spacial score (nSPS) is 14.5. The zero-order chi connectivity index (χ0) is 17.8. The molecule has 1 heterocycles. The predicted octanol–water partition coefficient (Wildman–Crippen LogP) is 3.37. The highest BCUT2D eigenvalue weighted by Gasteiger charge is 2.21. The average molecular weight is 337 g/mol. The Morgan fingerprint density at radius 2 is 1.60 bits per heavy atom. The molecule has 1 fully saturated rings. The zero-order valence-corrected chi connectivity index (χ0v) is 15.4. The van der Waals surface area contributed by atoms with Gasteiger partial charge in [-0.3, -0.25) is 4.79 Å². The molecule has 0 bridgehead atoms. The summed E-state index contributed by atoms with van der Waals surface area (Å²) in [4.78, 5) is 16.9. The minimum absolute atomic E-state index is 0.173. The van der Waals surface area contributed by atoms with Crippen molar-refractivity contribution in [1.82, 2.24) is 4.90 Å². The van der Waals surface area contributed by atoms with Gasteiger partial charge in [0.2, 0.25) is 5.91 Å². The van der Waals surface area contributed by atoms with Gasteiger partial charge in [0.05, 0.1) is 6.54 Å². The van der Waals surface area contributed by atoms with Crippen LogP contribution in [0.2, 0.25) is 0 Å². The molecule has 1 N–H and O–H groups in total. The van der Waals surface area contributed by atoms with Gasteiger partial charge < -0.3 is 15.1 Å². The first-order valence-electron chi connectivity index (χ1n) is 8.94. The maximum Gasteiger partial charge on any atom is 0.241 e. The van der Waals surface area contributed by atoms with Crippen molar-refractivity contribution in [3.63, 3.8) is 0 Å². The van der Waals surface area contributed by atoms with Crippen LogP contribution >= 0.6 is 0 Å². The number of rotatable bonds is 4. The highest BCUT2D eigenvalue weighted by molar-refractivity contribution is 5.81. The van der Waals surface area contributed by atoms with Gasteiger partial charge in [0.15, 0.2) is 0 Å². The Hall–Kier alpha value is -2.49. The zero-order valence-electron chi connectivity index (χ0n) is 15.4. The fourth-order valence-corrected chi connectivity index (χ4v) is 3.41. The number of nitrogens with one attached hydrogen (secondary N) is 1. The minimum Gasteiger partial charge on any atom is -0.376 e. The molecule has 3 rings (SSSR count). The van der Waals surface area contributed by atoms with Crippen LogP contribution in [0.1, 0.15) is 16.7 Å². The van der Waals surface area contributed by atoms with Crippen molar-refractivity contribution in [2.75, 3.05) is 42.9 Å². The van der Waals surface area contributed by atoms with Crippen LogP contribution in [-0.2, 0) is 4.79 Å². The minimum atomic E-state index is 0.173. The first kappa shape index (κ1) is 17.3. The van der Waals surface area contributed by atoms with E-state index in [1.54, 1.807) is 0 Å². The van der Waals surface area contributed by atoms with Gasteiger partial charge in [-0.2, -0.15) is 0 Å². The number of piperazine rings is 1. The molecule has 0 atom stereocenters. The summed E-state index contributed by atoms with van der Waals surface area (Å²) in [6, 6.07) is 14.7. The standard InChI is InChI=1S/C21H27N3O/c1-16-6-4-9-19(14-16)23-10-12-24(13-11-23)20(25)15-22-21-17(2)7-5-8-18(21)3/h4-9,14,22H,10-13,15H2,1-3H3. The van der Waals surface area contributed by atoms with Crippen molar-refractivity contribution in [3.05, 3.63) is 59.2 Å². The molecule has 0 spiro atoms. The van der Waals surface area contributed by atoms with Crippen LogP contribution in [0.4, 0.5) is 11.4 Å². The fraction of sp³-hybridized carbons (Fsp3) is 0.381. The summed E-state index contributed by atoms with van der Waals surface area (Å²) >= 11 is 0. The van der Waals surface area contributed by atoms with Gasteiger partial charge in [-0.05, 0) is 49.6 Å². The third kappa shape index (κ3) is 4.13. The van der Waals surface area contributed by atoms with E-state index in [-0.39, 0.29) is 5.91 Å². The Morgan fingerprint density at radius 1 is 0.960 bits per heavy atom. The van der Waals surface area contributed by atoms with Crippen LogP contribution in [-0.4, -0.2) is 43.5 Å². The quantitative estimate of drug-likeness (QED) is 0.929. The second-order valence-corrected chi connectivity index (χ2v) is 6.83. The number of amides is 1. The van der Waals surface area contributed by atoms with Gasteiger partial charge >= 0.3 is 0 Å². The molecule has 132 valence electrons. The van der Waals surface area contributed by atoms with Crippen molar-refractivity contribution in [2.45, 2.75) is 20.8 Å². The second-order valence-electron chi connectivity index (χ2n) is 6.83. The van der Waals surface area contributed by atoms with Gasteiger partial charge in [-0.25, -0.2) is 0 Å². The Labute approximate surface area is 150 Å². The lowest BCUT2D eigenvalue weighted by Crippen LogP contribution is -2.50. The van der Waals surface area contributed by atoms with Crippen LogP contribution in [0.5, 0.6) is 0 Å². The molecule has 25 heavy (non-hydrogen) atoms. The molecule has 0 aromatic heterocycles. The van der Waals surface area contributed by atoms with Crippen molar-refractivity contribution < 1.29 is 4.79 Å². The van der Waals surface area contributed by atoms with E-state index < -0.39 is 0 Å². The number of aryl methyl sites for hydroxylation is 3. The molecule has 1 aliphatic rings. The summed E-state index contributed by atoms with van der Waals surface area (Å²) in [6.07, 6.45) is 0. The molecule has 2 aromatic rings. The van der Waals surface area contributed by atoms with Crippen LogP contribution in [0.15, 0.2) is 42.5 Å². The van der Waals surface area contributed by atoms with Gasteiger partial charge in [0.25, 0.3) is 0 Å². The summed E-state index contributed by atoms with van der Waals surface area (Å²) in [5, 5.41) is 3.32. The molecule has 0 radical (unpaired) electrons. The Balaban J connectivity index is 1.53. The van der Waals surface area contributed by atoms with Gasteiger partial charge in [0.1, 0.15) is 0 Å². The van der Waals surface area contributed by atoms with E-state index in [1.807, 2.05) is 11.0 Å². The molecule has 0 unspecified atom stereocenters. The molecule has 1 aliphatic heterocycles. The number of carbonyl (C=O) groups is 1. The summed E-state index contributed by atoms with van der Waals surface area (Å²) in [6.45, 7) is 9.94. The van der Waals surface area contributed by atoms with E-state index in [2.05, 4.69) is 67.4 Å². The monoisotopic (exact) mass is 337 g/mol. The smallest absolute Gasteiger partial charge is 0.241 e. The number of hydrogen-bond donors (Lipinski definition) is 1. The van der Waals surface area contributed by atoms with Crippen molar-refractivity contribution in [3.8, 4) is 0 Å². The van der Waals surface area contributed by atoms with Crippen molar-refractivity contribution in [2.24, 2.45) is 0 Å². The van der Waals surface area contributed by atoms with Crippen molar-refractivity contribution in [1.29, 1.82) is 0 Å². The van der Waals surface area contributed by atoms with Gasteiger partial charge in [-0.1, -0.05) is 30.3 Å². The Kier molecular flexibility index (Phi) is 5.27. The average Bonchev–Trinajstić information content (AvgIpc) is 2.61. The van der Waals surface area contributed by atoms with Crippen LogP contribution in [0.3, 0.4) is 0 Å². The maximum atomic E-state index is 12.5. The topological polar surface area (TPSA) is 35.6 Å². The third-order valence-corrected chi connectivity index (χ3v) is 4.90. The third-order valence-electron chi connectivity index (χ3n) is 4.90. The van der Waals surface area contributed by atoms with Crippen LogP contribution in [0, 0.1) is 20.8 Å². The Morgan fingerprint density at radius 3 is 2.24 bits per heavy atom. The number of benzene rings is 2. The molecule has 0 aliphatic carbocycles. The number of nitrogens with zero attached hydrogens (tertiary/aromatic N) is 2. The summed E-state index contributed by atoms with van der Waals surface area (Å²) < 4.78 is 0. The number of anilines is 2. The first-order chi connectivity index (χ1) is 12.0. The number of hydrogen-bond acceptors (Lipinski definition) is 3. The molecular formula is C21H27N3O. The molecule has 1 amide bonds. The molecule has 0 saturated carbocycles. The largest absolute Gasteiger partial charge is 0.376 e. The number of para-hydroxylation sites is 1. The van der Waals surface area contributed by atoms with Crippen LogP contribution < -0.4 is 10.2 Å². The summed E-state index contributed by atoms with van der Waals surface area (Å²) in [7, 11) is 0. The molecule has 4 nitrogen and oxygen atoms in total. The van der Waals surface area contributed by atoms with E-state index in [9.17, 15) is 4.79 Å². The highest BCUT2D eigenvalue weighted by atomic mass is 16.2. The van der Waals surface area contributed by atoms with E-state index >= 15 is 0 Å². The van der Waals surface area contributed by atoms with Crippen molar-refractivity contribution >= 4 is 17.3 Å². The van der Waals surface area contributed by atoms with E-state index in [0.29, 0.717) is 6.54 Å². The van der Waals surface area contributed by atoms with E-state index in [1.165, 1.54) is 22.4 Å². The lowest BCUT2D eigenvalue weighted by molar-refractivity contribution is -0.129. The molecular weight excluding hydrogens is 310 g/mol. The first-order valence-corrected chi connectivity index (χ1v) is 8.94. The van der Waals surface area contributed by atoms with Crippen LogP contribution in [0.25, 0.3) is 0 Å². The molecule has 2 aromatic carbocycles. The maximum absolute atomic E-state index is 12.5. The predicted molar refractivity (Wildman–Crippen MR) is 104 cm³/mol. The highest BCUT2D eigenvalue weighted by Crippen LogP contribution is 2.20. The number of carbonyl (C=O) groups excluding carboxylic acids is 1. The van der Waals surface area contributed by atoms with Gasteiger partial charge in [0, 0.05) is 37.6 Å². The Bertz CT molecular complexity index is 728. The fourth-order valence-electron chi connectivity index (χ4n) is 3.41. The van der Waals surface area contributed by atoms with E-state index in [4.69, 9.17) is 0 Å². The molecule has 1 saturated heterocycles. The lowest BCUT2D eigenvalue weighted by Gasteiger charge is -2.36. The molecule has 4 heteroatoms. The SMILES string of the molecule is Cc1cccc(N2CCN(C(=O)CNc3c(C)cccc3C)CC2)c1. The second kappa shape index (κ2) is 7.60. The summed E-state index contributed by atoms with van der Waals surface area (Å²) in [5.74, 6) is 0.173. The van der Waals surface area contributed by atoms with E-state index in [0.717, 1.165) is 31.9 Å². The van der Waals surface area contributed by atoms with Gasteiger partial charge in [-0.15, -0.1) is 0 Å². The summed E-state index contributed by atoms with van der Waals surface area (Å²) in [5.41, 5.74) is 5.96.